The van der Waals surface area contributed by atoms with E-state index in [9.17, 15) is 9.90 Å². The normalized spacial score (nSPS) is 10.5. The second-order valence-electron chi connectivity index (χ2n) is 2.68. The van der Waals surface area contributed by atoms with E-state index in [1.165, 1.54) is 17.4 Å². The molecule has 2 rings (SSSR count). The van der Waals surface area contributed by atoms with E-state index in [1.54, 1.807) is 6.07 Å². The molecule has 0 fully saturated rings. The number of phenolic OH excluding ortho intramolecular Hbond substituents is 1. The van der Waals surface area contributed by atoms with Crippen molar-refractivity contribution in [3.05, 3.63) is 23.1 Å². The number of anilines is 1. The molecule has 0 bridgehead atoms. The molecule has 0 spiro atoms. The van der Waals surface area contributed by atoms with Gasteiger partial charge in [0.2, 0.25) is 0 Å². The average Bonchev–Trinajstić information content (AvgIpc) is 2.53. The summed E-state index contributed by atoms with van der Waals surface area (Å²) in [5.41, 5.74) is 6.34. The molecule has 1 aromatic carbocycles. The van der Waals surface area contributed by atoms with Crippen LogP contribution in [-0.4, -0.2) is 11.4 Å². The lowest BCUT2D eigenvalue weighted by atomic mass is 10.1. The monoisotopic (exact) mass is 193 g/mol. The molecule has 66 valence electrons. The van der Waals surface area contributed by atoms with Gasteiger partial charge in [0, 0.05) is 22.7 Å². The van der Waals surface area contributed by atoms with Crippen LogP contribution >= 0.6 is 11.3 Å². The third-order valence-corrected chi connectivity index (χ3v) is 2.85. The van der Waals surface area contributed by atoms with Gasteiger partial charge in [0.05, 0.1) is 4.70 Å². The third-order valence-electron chi connectivity index (χ3n) is 1.91. The molecule has 0 radical (unpaired) electrons. The lowest BCUT2D eigenvalue weighted by Crippen LogP contribution is -1.92. The third kappa shape index (κ3) is 1.07. The maximum Gasteiger partial charge on any atom is 0.152 e. The lowest BCUT2D eigenvalue weighted by molar-refractivity contribution is 0.112. The number of nitrogens with two attached hydrogens (primary N) is 1. The number of aromatic hydroxyl groups is 1. The average molecular weight is 193 g/mol. The van der Waals surface area contributed by atoms with E-state index in [0.717, 1.165) is 5.39 Å². The van der Waals surface area contributed by atoms with Gasteiger partial charge >= 0.3 is 0 Å². The van der Waals surface area contributed by atoms with Crippen LogP contribution in [0.15, 0.2) is 17.5 Å². The van der Waals surface area contributed by atoms with E-state index in [2.05, 4.69) is 0 Å². The van der Waals surface area contributed by atoms with Crippen molar-refractivity contribution in [3.63, 3.8) is 0 Å². The molecule has 0 atom stereocenters. The fourth-order valence-electron chi connectivity index (χ4n) is 1.30. The summed E-state index contributed by atoms with van der Waals surface area (Å²) in [7, 11) is 0. The minimum absolute atomic E-state index is 0.133. The Labute approximate surface area is 78.4 Å². The molecule has 0 saturated carbocycles. The van der Waals surface area contributed by atoms with E-state index >= 15 is 0 Å². The summed E-state index contributed by atoms with van der Waals surface area (Å²) in [5.74, 6) is 0.133. The first-order valence-electron chi connectivity index (χ1n) is 3.68. The first-order valence-corrected chi connectivity index (χ1v) is 4.56. The zero-order valence-corrected chi connectivity index (χ0v) is 7.47. The molecule has 1 heterocycles. The number of hydrogen-bond donors (Lipinski definition) is 2. The van der Waals surface area contributed by atoms with Gasteiger partial charge in [-0.2, -0.15) is 0 Å². The fourth-order valence-corrected chi connectivity index (χ4v) is 2.12. The van der Waals surface area contributed by atoms with Gasteiger partial charge in [-0.25, -0.2) is 0 Å². The largest absolute Gasteiger partial charge is 0.506 e. The molecule has 3 N–H and O–H groups in total. The van der Waals surface area contributed by atoms with Crippen molar-refractivity contribution in [2.24, 2.45) is 0 Å². The standard InChI is InChI=1S/C9H7NO2S/c10-7-3-8(12)9-5(1-2-13-9)6(7)4-11/h1-4,12H,10H2. The smallest absolute Gasteiger partial charge is 0.152 e. The number of benzene rings is 1. The number of hydrogen-bond acceptors (Lipinski definition) is 4. The van der Waals surface area contributed by atoms with Gasteiger partial charge in [-0.05, 0) is 11.4 Å². The predicted molar refractivity (Wildman–Crippen MR) is 53.3 cm³/mol. The molecular formula is C9H7NO2S. The lowest BCUT2D eigenvalue weighted by Gasteiger charge is -2.01. The summed E-state index contributed by atoms with van der Waals surface area (Å²) in [6.07, 6.45) is 0.712. The maximum atomic E-state index is 10.7. The molecule has 0 amide bonds. The van der Waals surface area contributed by atoms with Crippen LogP contribution in [0.25, 0.3) is 10.1 Å². The van der Waals surface area contributed by atoms with Gasteiger partial charge < -0.3 is 10.8 Å². The van der Waals surface area contributed by atoms with Crippen molar-refractivity contribution in [2.45, 2.75) is 0 Å². The zero-order chi connectivity index (χ0) is 9.42. The van der Waals surface area contributed by atoms with Gasteiger partial charge in [0.25, 0.3) is 0 Å². The Bertz CT molecular complexity index is 476. The van der Waals surface area contributed by atoms with Gasteiger partial charge in [-0.3, -0.25) is 4.79 Å². The number of rotatable bonds is 1. The van der Waals surface area contributed by atoms with E-state index in [0.29, 0.717) is 22.2 Å². The highest BCUT2D eigenvalue weighted by Crippen LogP contribution is 2.34. The molecule has 1 aromatic heterocycles. The number of phenols is 1. The number of thiophene rings is 1. The van der Waals surface area contributed by atoms with Gasteiger partial charge in [-0.15, -0.1) is 11.3 Å². The highest BCUT2D eigenvalue weighted by Gasteiger charge is 2.09. The van der Waals surface area contributed by atoms with E-state index < -0.39 is 0 Å². The Morgan fingerprint density at radius 1 is 1.54 bits per heavy atom. The van der Waals surface area contributed by atoms with Crippen molar-refractivity contribution in [3.8, 4) is 5.75 Å². The fraction of sp³-hybridized carbons (Fsp3) is 0. The summed E-state index contributed by atoms with van der Waals surface area (Å²) in [6, 6.07) is 3.18. The van der Waals surface area contributed by atoms with Crippen molar-refractivity contribution in [1.82, 2.24) is 0 Å². The van der Waals surface area contributed by atoms with E-state index in [-0.39, 0.29) is 5.75 Å². The van der Waals surface area contributed by atoms with Crippen LogP contribution in [0, 0.1) is 0 Å². The molecule has 2 aromatic rings. The summed E-state index contributed by atoms with van der Waals surface area (Å²) in [4.78, 5) is 10.7. The molecular weight excluding hydrogens is 186 g/mol. The number of nitrogen functional groups attached to an aromatic ring is 1. The molecule has 0 unspecified atom stereocenters. The van der Waals surface area contributed by atoms with Crippen LogP contribution in [0.2, 0.25) is 0 Å². The second kappa shape index (κ2) is 2.74. The SMILES string of the molecule is Nc1cc(O)c2sccc2c1C=O. The summed E-state index contributed by atoms with van der Waals surface area (Å²) in [5, 5.41) is 12.0. The number of carbonyl (C=O) groups is 1. The van der Waals surface area contributed by atoms with Crippen LogP contribution in [0.3, 0.4) is 0 Å². The Kier molecular flexibility index (Phi) is 1.70. The first kappa shape index (κ1) is 8.07. The Balaban J connectivity index is 2.96. The molecule has 0 aliphatic carbocycles. The van der Waals surface area contributed by atoms with Crippen molar-refractivity contribution in [1.29, 1.82) is 0 Å². The van der Waals surface area contributed by atoms with Crippen molar-refractivity contribution in [2.75, 3.05) is 5.73 Å². The molecule has 0 aliphatic rings. The van der Waals surface area contributed by atoms with Crippen molar-refractivity contribution < 1.29 is 9.90 Å². The van der Waals surface area contributed by atoms with Gasteiger partial charge in [0.1, 0.15) is 5.75 Å². The molecule has 0 saturated heterocycles. The number of carbonyl (C=O) groups excluding carboxylic acids is 1. The Morgan fingerprint density at radius 3 is 3.00 bits per heavy atom. The number of aldehydes is 1. The minimum atomic E-state index is 0.133. The predicted octanol–water partition coefficient (Wildman–Crippen LogP) is 2.00. The van der Waals surface area contributed by atoms with Crippen LogP contribution in [-0.2, 0) is 0 Å². The van der Waals surface area contributed by atoms with Gasteiger partial charge in [-0.1, -0.05) is 0 Å². The summed E-state index contributed by atoms with van der Waals surface area (Å²) < 4.78 is 0.705. The Morgan fingerprint density at radius 2 is 2.31 bits per heavy atom. The second-order valence-corrected chi connectivity index (χ2v) is 3.60. The quantitative estimate of drug-likeness (QED) is 0.537. The molecule has 4 heteroatoms. The van der Waals surface area contributed by atoms with Crippen LogP contribution < -0.4 is 5.73 Å². The Hall–Kier alpha value is -1.55. The molecule has 3 nitrogen and oxygen atoms in total. The zero-order valence-electron chi connectivity index (χ0n) is 6.65. The minimum Gasteiger partial charge on any atom is -0.506 e. The highest BCUT2D eigenvalue weighted by atomic mass is 32.1. The molecule has 13 heavy (non-hydrogen) atoms. The summed E-state index contributed by atoms with van der Waals surface area (Å²) >= 11 is 1.39. The topological polar surface area (TPSA) is 63.3 Å². The number of fused-ring (bicyclic) bond motifs is 1. The van der Waals surface area contributed by atoms with Crippen molar-refractivity contribution >= 4 is 33.4 Å². The van der Waals surface area contributed by atoms with E-state index in [1.807, 2.05) is 5.38 Å². The van der Waals surface area contributed by atoms with E-state index in [4.69, 9.17) is 5.73 Å². The van der Waals surface area contributed by atoms with Gasteiger partial charge in [0.15, 0.2) is 6.29 Å². The van der Waals surface area contributed by atoms with Crippen LogP contribution in [0.1, 0.15) is 10.4 Å². The molecule has 0 aliphatic heterocycles. The first-order chi connectivity index (χ1) is 6.24. The highest BCUT2D eigenvalue weighted by molar-refractivity contribution is 7.17. The summed E-state index contributed by atoms with van der Waals surface area (Å²) in [6.45, 7) is 0. The van der Waals surface area contributed by atoms with Crippen LogP contribution in [0.4, 0.5) is 5.69 Å². The van der Waals surface area contributed by atoms with Crippen LogP contribution in [0.5, 0.6) is 5.75 Å². The maximum absolute atomic E-state index is 10.7.